The van der Waals surface area contributed by atoms with Gasteiger partial charge in [0, 0.05) is 6.61 Å². The van der Waals surface area contributed by atoms with E-state index in [4.69, 9.17) is 14.9 Å². The highest BCUT2D eigenvalue weighted by Crippen LogP contribution is 2.15. The number of aliphatic carboxylic acids is 1. The lowest BCUT2D eigenvalue weighted by Crippen LogP contribution is -2.32. The van der Waals surface area contributed by atoms with Crippen LogP contribution in [0, 0.1) is 0 Å². The molecule has 0 spiro atoms. The van der Waals surface area contributed by atoms with E-state index in [2.05, 4.69) is 0 Å². The first kappa shape index (κ1) is 7.50. The van der Waals surface area contributed by atoms with E-state index in [1.165, 1.54) is 0 Å². The molecule has 4 heteroatoms. The lowest BCUT2D eigenvalue weighted by Gasteiger charge is -2.11. The van der Waals surface area contributed by atoms with Crippen LogP contribution in [0.4, 0.5) is 0 Å². The fourth-order valence-electron chi connectivity index (χ4n) is 1.01. The fourth-order valence-corrected chi connectivity index (χ4v) is 1.01. The van der Waals surface area contributed by atoms with E-state index < -0.39 is 18.2 Å². The molecule has 1 saturated heterocycles. The summed E-state index contributed by atoms with van der Waals surface area (Å²) in [6.07, 6.45) is -0.345. The minimum Gasteiger partial charge on any atom is -0.479 e. The van der Waals surface area contributed by atoms with E-state index in [9.17, 15) is 4.79 Å². The summed E-state index contributed by atoms with van der Waals surface area (Å²) in [7, 11) is 0. The van der Waals surface area contributed by atoms with Gasteiger partial charge in [0.1, 0.15) is 0 Å². The Balaban J connectivity index is 2.39. The monoisotopic (exact) mass is 146 g/mol. The maximum atomic E-state index is 10.2. The summed E-state index contributed by atoms with van der Waals surface area (Å²) >= 11 is 0. The Morgan fingerprint density at radius 2 is 2.40 bits per heavy atom. The number of aliphatic hydroxyl groups excluding tert-OH is 1. The maximum absolute atomic E-state index is 10.2. The minimum atomic E-state index is -1.34. The van der Waals surface area contributed by atoms with Crippen molar-refractivity contribution in [2.75, 3.05) is 6.61 Å². The molecule has 4 nitrogen and oxygen atoms in total. The number of aliphatic hydroxyl groups is 1. The second-order valence-corrected chi connectivity index (χ2v) is 2.33. The number of carboxylic acid groups (broad SMARTS) is 1. The Bertz CT molecular complexity index is 128. The van der Waals surface area contributed by atoms with Crippen molar-refractivity contribution in [2.45, 2.75) is 25.0 Å². The second kappa shape index (κ2) is 2.98. The van der Waals surface area contributed by atoms with Crippen molar-refractivity contribution < 1.29 is 19.7 Å². The molecule has 0 bridgehead atoms. The molecule has 58 valence electrons. The third-order valence-electron chi connectivity index (χ3n) is 1.57. The van der Waals surface area contributed by atoms with Crippen LogP contribution in [0.15, 0.2) is 0 Å². The van der Waals surface area contributed by atoms with Gasteiger partial charge in [0.05, 0.1) is 6.10 Å². The molecule has 0 aromatic carbocycles. The van der Waals surface area contributed by atoms with E-state index in [0.29, 0.717) is 13.0 Å². The van der Waals surface area contributed by atoms with Crippen LogP contribution in [0.25, 0.3) is 0 Å². The summed E-state index contributed by atoms with van der Waals surface area (Å²) in [5.74, 6) is -1.20. The van der Waals surface area contributed by atoms with Crippen LogP contribution in [0.2, 0.25) is 0 Å². The van der Waals surface area contributed by atoms with Crippen LogP contribution in [0.3, 0.4) is 0 Å². The zero-order chi connectivity index (χ0) is 7.56. The summed E-state index contributed by atoms with van der Waals surface area (Å²) in [6.45, 7) is 0.564. The molecule has 0 saturated carbocycles. The van der Waals surface area contributed by atoms with Gasteiger partial charge in [-0.1, -0.05) is 0 Å². The number of hydrogen-bond acceptors (Lipinski definition) is 3. The normalized spacial score (nSPS) is 28.3. The first-order valence-electron chi connectivity index (χ1n) is 3.24. The zero-order valence-electron chi connectivity index (χ0n) is 5.49. The van der Waals surface area contributed by atoms with Gasteiger partial charge in [-0.3, -0.25) is 0 Å². The Hall–Kier alpha value is -0.610. The third-order valence-corrected chi connectivity index (χ3v) is 1.57. The van der Waals surface area contributed by atoms with Crippen molar-refractivity contribution >= 4 is 5.97 Å². The number of hydrogen-bond donors (Lipinski definition) is 2. The average Bonchev–Trinajstić information content (AvgIpc) is 2.36. The molecule has 1 aliphatic rings. The minimum absolute atomic E-state index is 0.488. The Morgan fingerprint density at radius 1 is 1.70 bits per heavy atom. The van der Waals surface area contributed by atoms with Crippen molar-refractivity contribution in [1.29, 1.82) is 0 Å². The van der Waals surface area contributed by atoms with E-state index in [-0.39, 0.29) is 0 Å². The topological polar surface area (TPSA) is 66.8 Å². The van der Waals surface area contributed by atoms with Crippen LogP contribution >= 0.6 is 0 Å². The van der Waals surface area contributed by atoms with Crippen LogP contribution in [-0.4, -0.2) is 35.0 Å². The van der Waals surface area contributed by atoms with Gasteiger partial charge in [0.25, 0.3) is 0 Å². The maximum Gasteiger partial charge on any atom is 0.335 e. The first-order chi connectivity index (χ1) is 4.72. The van der Waals surface area contributed by atoms with Crippen molar-refractivity contribution in [1.82, 2.24) is 0 Å². The standard InChI is InChI=1S/C6H10O4/c7-5(6(8)9)4-2-1-3-10-4/h4-5,7H,1-3H2,(H,8,9). The molecule has 1 aliphatic heterocycles. The Kier molecular flexibility index (Phi) is 2.24. The summed E-state index contributed by atoms with van der Waals surface area (Å²) in [4.78, 5) is 10.2. The van der Waals surface area contributed by atoms with Gasteiger partial charge in [0.2, 0.25) is 0 Å². The van der Waals surface area contributed by atoms with E-state index >= 15 is 0 Å². The van der Waals surface area contributed by atoms with Gasteiger partial charge in [-0.15, -0.1) is 0 Å². The zero-order valence-corrected chi connectivity index (χ0v) is 5.49. The van der Waals surface area contributed by atoms with Gasteiger partial charge < -0.3 is 14.9 Å². The molecular weight excluding hydrogens is 136 g/mol. The van der Waals surface area contributed by atoms with Gasteiger partial charge in [-0.25, -0.2) is 4.79 Å². The first-order valence-corrected chi connectivity index (χ1v) is 3.24. The highest BCUT2D eigenvalue weighted by atomic mass is 16.5. The van der Waals surface area contributed by atoms with E-state index in [1.54, 1.807) is 0 Å². The third kappa shape index (κ3) is 1.46. The van der Waals surface area contributed by atoms with Gasteiger partial charge in [-0.05, 0) is 12.8 Å². The SMILES string of the molecule is O=C(O)C(O)C1CCCO1. The second-order valence-electron chi connectivity index (χ2n) is 2.33. The fraction of sp³-hybridized carbons (Fsp3) is 0.833. The average molecular weight is 146 g/mol. The number of carboxylic acids is 1. The van der Waals surface area contributed by atoms with Gasteiger partial charge >= 0.3 is 5.97 Å². The molecule has 0 radical (unpaired) electrons. The van der Waals surface area contributed by atoms with Crippen molar-refractivity contribution in [3.8, 4) is 0 Å². The highest BCUT2D eigenvalue weighted by molar-refractivity contribution is 5.72. The molecule has 1 rings (SSSR count). The smallest absolute Gasteiger partial charge is 0.335 e. The number of rotatable bonds is 2. The molecule has 0 aromatic rings. The number of ether oxygens (including phenoxy) is 1. The van der Waals surface area contributed by atoms with Crippen LogP contribution in [0.1, 0.15) is 12.8 Å². The highest BCUT2D eigenvalue weighted by Gasteiger charge is 2.29. The molecule has 2 atom stereocenters. The molecule has 2 unspecified atom stereocenters. The molecule has 0 amide bonds. The van der Waals surface area contributed by atoms with Gasteiger partial charge in [-0.2, -0.15) is 0 Å². The lowest BCUT2D eigenvalue weighted by atomic mass is 10.1. The molecule has 2 N–H and O–H groups in total. The predicted octanol–water partition coefficient (Wildman–Crippen LogP) is -0.389. The summed E-state index contributed by atoms with van der Waals surface area (Å²) in [5.41, 5.74) is 0. The van der Waals surface area contributed by atoms with Crippen molar-refractivity contribution in [2.24, 2.45) is 0 Å². The molecule has 0 aromatic heterocycles. The molecule has 0 aliphatic carbocycles. The molecular formula is C6H10O4. The van der Waals surface area contributed by atoms with Gasteiger partial charge in [0.15, 0.2) is 6.10 Å². The largest absolute Gasteiger partial charge is 0.479 e. The van der Waals surface area contributed by atoms with E-state index in [0.717, 1.165) is 6.42 Å². The van der Waals surface area contributed by atoms with E-state index in [1.807, 2.05) is 0 Å². The molecule has 1 fully saturated rings. The molecule has 1 heterocycles. The van der Waals surface area contributed by atoms with Crippen molar-refractivity contribution in [3.63, 3.8) is 0 Å². The summed E-state index contributed by atoms with van der Waals surface area (Å²) < 4.78 is 4.95. The van der Waals surface area contributed by atoms with Crippen LogP contribution in [-0.2, 0) is 9.53 Å². The summed E-state index contributed by atoms with van der Waals surface area (Å²) in [5, 5.41) is 17.2. The summed E-state index contributed by atoms with van der Waals surface area (Å²) in [6, 6.07) is 0. The van der Waals surface area contributed by atoms with Crippen LogP contribution in [0.5, 0.6) is 0 Å². The quantitative estimate of drug-likeness (QED) is 0.556. The number of carbonyl (C=O) groups is 1. The van der Waals surface area contributed by atoms with Crippen LogP contribution < -0.4 is 0 Å². The Morgan fingerprint density at radius 3 is 2.80 bits per heavy atom. The molecule has 10 heavy (non-hydrogen) atoms. The Labute approximate surface area is 58.4 Å². The predicted molar refractivity (Wildman–Crippen MR) is 32.6 cm³/mol. The lowest BCUT2D eigenvalue weighted by molar-refractivity contribution is -0.153. The van der Waals surface area contributed by atoms with Crippen molar-refractivity contribution in [3.05, 3.63) is 0 Å².